The van der Waals surface area contributed by atoms with E-state index in [9.17, 15) is 4.79 Å². The standard InChI is InChI=1S/C25H34N4O2.HI/c1-29(2)24(30)18-28-25(26-16-21-13-14-31-19-21)27-17-23(22-11-7-4-8-12-22)15-20-9-5-3-6-10-20;/h3-12,21,23H,13-19H2,1-2H3,(H2,26,27,28);1H. The maximum atomic E-state index is 12.1. The molecule has 0 aromatic heterocycles. The molecule has 1 heterocycles. The largest absolute Gasteiger partial charge is 0.381 e. The summed E-state index contributed by atoms with van der Waals surface area (Å²) in [6.45, 7) is 3.23. The second-order valence-electron chi connectivity index (χ2n) is 8.24. The number of likely N-dealkylation sites (N-methyl/N-ethyl adjacent to an activating group) is 1. The molecule has 0 bridgehead atoms. The van der Waals surface area contributed by atoms with E-state index < -0.39 is 0 Å². The zero-order valence-corrected chi connectivity index (χ0v) is 21.3. The van der Waals surface area contributed by atoms with Crippen molar-refractivity contribution in [3.63, 3.8) is 0 Å². The van der Waals surface area contributed by atoms with Crippen molar-refractivity contribution >= 4 is 35.8 Å². The first-order valence-electron chi connectivity index (χ1n) is 11.0. The summed E-state index contributed by atoms with van der Waals surface area (Å²) in [6.07, 6.45) is 1.98. The molecule has 1 saturated heterocycles. The average molecular weight is 550 g/mol. The summed E-state index contributed by atoms with van der Waals surface area (Å²) in [4.78, 5) is 18.2. The quantitative estimate of drug-likeness (QED) is 0.286. The molecule has 2 aromatic rings. The summed E-state index contributed by atoms with van der Waals surface area (Å²) in [7, 11) is 3.50. The molecule has 3 rings (SSSR count). The Labute approximate surface area is 208 Å². The lowest BCUT2D eigenvalue weighted by molar-refractivity contribution is -0.127. The van der Waals surface area contributed by atoms with Gasteiger partial charge >= 0.3 is 0 Å². The van der Waals surface area contributed by atoms with Crippen LogP contribution in [0.5, 0.6) is 0 Å². The van der Waals surface area contributed by atoms with E-state index in [2.05, 4.69) is 64.2 Å². The molecular weight excluding hydrogens is 515 g/mol. The number of nitrogens with zero attached hydrogens (tertiary/aromatic N) is 2. The Balaban J connectivity index is 0.00000363. The second-order valence-corrected chi connectivity index (χ2v) is 8.24. The van der Waals surface area contributed by atoms with Crippen LogP contribution < -0.4 is 10.6 Å². The van der Waals surface area contributed by atoms with Crippen LogP contribution in [0.1, 0.15) is 23.5 Å². The Kier molecular flexibility index (Phi) is 11.5. The predicted molar refractivity (Wildman–Crippen MR) is 141 cm³/mol. The Morgan fingerprint density at radius 2 is 1.78 bits per heavy atom. The van der Waals surface area contributed by atoms with E-state index in [1.165, 1.54) is 11.1 Å². The minimum atomic E-state index is -0.0193. The van der Waals surface area contributed by atoms with Gasteiger partial charge in [0, 0.05) is 45.6 Å². The van der Waals surface area contributed by atoms with Gasteiger partial charge in [-0.05, 0) is 24.0 Å². The van der Waals surface area contributed by atoms with Gasteiger partial charge in [-0.3, -0.25) is 4.79 Å². The Morgan fingerprint density at radius 1 is 1.09 bits per heavy atom. The molecule has 2 atom stereocenters. The van der Waals surface area contributed by atoms with E-state index in [-0.39, 0.29) is 42.3 Å². The molecule has 7 heteroatoms. The second kappa shape index (κ2) is 14.1. The number of benzene rings is 2. The number of aliphatic imine (C=N–C) groups is 1. The van der Waals surface area contributed by atoms with E-state index in [0.717, 1.165) is 39.1 Å². The lowest BCUT2D eigenvalue weighted by Gasteiger charge is -2.21. The number of carbonyl (C=O) groups is 1. The minimum absolute atomic E-state index is 0. The number of halogens is 1. The number of nitrogens with one attached hydrogen (secondary N) is 2. The summed E-state index contributed by atoms with van der Waals surface area (Å²) in [5.41, 5.74) is 2.59. The molecule has 0 spiro atoms. The highest BCUT2D eigenvalue weighted by Gasteiger charge is 2.17. The zero-order chi connectivity index (χ0) is 21.9. The van der Waals surface area contributed by atoms with Crippen molar-refractivity contribution in [3.05, 3.63) is 71.8 Å². The van der Waals surface area contributed by atoms with Gasteiger partial charge in [-0.2, -0.15) is 0 Å². The normalized spacial score (nSPS) is 16.7. The number of hydrogen-bond acceptors (Lipinski definition) is 3. The van der Waals surface area contributed by atoms with Crippen LogP contribution in [0, 0.1) is 5.92 Å². The van der Waals surface area contributed by atoms with Gasteiger partial charge in [-0.1, -0.05) is 60.7 Å². The molecule has 0 saturated carbocycles. The molecule has 1 aliphatic rings. The average Bonchev–Trinajstić information content (AvgIpc) is 3.32. The smallest absolute Gasteiger partial charge is 0.243 e. The van der Waals surface area contributed by atoms with E-state index in [1.54, 1.807) is 19.0 Å². The Morgan fingerprint density at radius 3 is 2.41 bits per heavy atom. The van der Waals surface area contributed by atoms with Gasteiger partial charge in [0.1, 0.15) is 6.54 Å². The van der Waals surface area contributed by atoms with Crippen molar-refractivity contribution in [2.45, 2.75) is 18.8 Å². The van der Waals surface area contributed by atoms with Crippen LogP contribution >= 0.6 is 24.0 Å². The van der Waals surface area contributed by atoms with E-state index in [1.807, 2.05) is 12.1 Å². The lowest BCUT2D eigenvalue weighted by atomic mass is 9.92. The van der Waals surface area contributed by atoms with Crippen LogP contribution in [0.3, 0.4) is 0 Å². The lowest BCUT2D eigenvalue weighted by Crippen LogP contribution is -2.42. The molecule has 2 N–H and O–H groups in total. The van der Waals surface area contributed by atoms with Crippen molar-refractivity contribution in [1.29, 1.82) is 0 Å². The van der Waals surface area contributed by atoms with Crippen LogP contribution in [0.25, 0.3) is 0 Å². The van der Waals surface area contributed by atoms with Crippen LogP contribution in [0.15, 0.2) is 65.7 Å². The molecule has 6 nitrogen and oxygen atoms in total. The molecule has 0 radical (unpaired) electrons. The maximum Gasteiger partial charge on any atom is 0.243 e. The molecule has 1 amide bonds. The van der Waals surface area contributed by atoms with E-state index in [0.29, 0.717) is 11.9 Å². The highest BCUT2D eigenvalue weighted by molar-refractivity contribution is 14.0. The fourth-order valence-electron chi connectivity index (χ4n) is 3.60. The molecule has 0 aliphatic carbocycles. The number of ether oxygens (including phenoxy) is 1. The van der Waals surface area contributed by atoms with Gasteiger partial charge in [-0.25, -0.2) is 4.99 Å². The molecule has 2 unspecified atom stereocenters. The first kappa shape index (κ1) is 26.1. The summed E-state index contributed by atoms with van der Waals surface area (Å²) in [6, 6.07) is 21.1. The van der Waals surface area contributed by atoms with Crippen molar-refractivity contribution in [3.8, 4) is 0 Å². The third-order valence-electron chi connectivity index (χ3n) is 5.57. The van der Waals surface area contributed by atoms with Gasteiger partial charge in [0.2, 0.25) is 5.91 Å². The van der Waals surface area contributed by atoms with E-state index >= 15 is 0 Å². The van der Waals surface area contributed by atoms with Crippen molar-refractivity contribution in [2.24, 2.45) is 10.9 Å². The van der Waals surface area contributed by atoms with Gasteiger partial charge in [0.15, 0.2) is 5.96 Å². The monoisotopic (exact) mass is 550 g/mol. The number of amides is 1. The van der Waals surface area contributed by atoms with Gasteiger partial charge in [0.05, 0.1) is 6.61 Å². The Hall–Kier alpha value is -2.13. The third kappa shape index (κ3) is 8.78. The maximum absolute atomic E-state index is 12.1. The molecular formula is C25H35IN4O2. The molecule has 1 fully saturated rings. The summed E-state index contributed by atoms with van der Waals surface area (Å²) < 4.78 is 5.48. The first-order chi connectivity index (χ1) is 15.1. The van der Waals surface area contributed by atoms with Crippen LogP contribution in [0.2, 0.25) is 0 Å². The molecule has 32 heavy (non-hydrogen) atoms. The van der Waals surface area contributed by atoms with Gasteiger partial charge in [0.25, 0.3) is 0 Å². The van der Waals surface area contributed by atoms with Crippen molar-refractivity contribution in [1.82, 2.24) is 15.5 Å². The molecule has 2 aromatic carbocycles. The van der Waals surface area contributed by atoms with E-state index in [4.69, 9.17) is 4.74 Å². The SMILES string of the molecule is CN(C)C(=O)CN=C(NCC1CCOC1)NCC(Cc1ccccc1)c1ccccc1.I. The van der Waals surface area contributed by atoms with Crippen LogP contribution in [0.4, 0.5) is 0 Å². The fraction of sp³-hybridized carbons (Fsp3) is 0.440. The predicted octanol–water partition coefficient (Wildman–Crippen LogP) is 3.29. The summed E-state index contributed by atoms with van der Waals surface area (Å²) in [5.74, 6) is 1.42. The molecule has 1 aliphatic heterocycles. The third-order valence-corrected chi connectivity index (χ3v) is 5.57. The Bertz CT molecular complexity index is 824. The van der Waals surface area contributed by atoms with Gasteiger partial charge in [-0.15, -0.1) is 24.0 Å². The zero-order valence-electron chi connectivity index (χ0n) is 19.0. The van der Waals surface area contributed by atoms with Crippen molar-refractivity contribution in [2.75, 3.05) is 46.9 Å². The first-order valence-corrected chi connectivity index (χ1v) is 11.0. The molecule has 174 valence electrons. The summed E-state index contributed by atoms with van der Waals surface area (Å²) in [5, 5.41) is 6.90. The number of carbonyl (C=O) groups excluding carboxylic acids is 1. The minimum Gasteiger partial charge on any atom is -0.381 e. The van der Waals surface area contributed by atoms with Crippen LogP contribution in [-0.4, -0.2) is 63.7 Å². The fourth-order valence-corrected chi connectivity index (χ4v) is 3.60. The highest BCUT2D eigenvalue weighted by Crippen LogP contribution is 2.20. The number of guanidine groups is 1. The number of rotatable bonds is 9. The van der Waals surface area contributed by atoms with Crippen LogP contribution in [-0.2, 0) is 16.0 Å². The van der Waals surface area contributed by atoms with Crippen molar-refractivity contribution < 1.29 is 9.53 Å². The number of hydrogen-bond donors (Lipinski definition) is 2. The van der Waals surface area contributed by atoms with Gasteiger partial charge < -0.3 is 20.3 Å². The summed E-state index contributed by atoms with van der Waals surface area (Å²) >= 11 is 0. The topological polar surface area (TPSA) is 66.0 Å². The highest BCUT2D eigenvalue weighted by atomic mass is 127.